The summed E-state index contributed by atoms with van der Waals surface area (Å²) in [6, 6.07) is 14.6. The molecule has 0 spiro atoms. The molecule has 0 atom stereocenters. The summed E-state index contributed by atoms with van der Waals surface area (Å²) in [6.07, 6.45) is 1.62. The molecule has 8 heteroatoms. The lowest BCUT2D eigenvalue weighted by atomic mass is 10.0. The van der Waals surface area contributed by atoms with Crippen LogP contribution in [0.25, 0.3) is 0 Å². The number of hydrogen-bond donors (Lipinski definition) is 2. The van der Waals surface area contributed by atoms with Gasteiger partial charge < -0.3 is 25.4 Å². The van der Waals surface area contributed by atoms with Crippen LogP contribution in [0.2, 0.25) is 0 Å². The van der Waals surface area contributed by atoms with Crippen LogP contribution in [0.15, 0.2) is 48.5 Å². The van der Waals surface area contributed by atoms with Crippen LogP contribution in [0.3, 0.4) is 0 Å². The quantitative estimate of drug-likeness (QED) is 0.629. The summed E-state index contributed by atoms with van der Waals surface area (Å²) in [6.45, 7) is 1.77. The lowest BCUT2D eigenvalue weighted by molar-refractivity contribution is -0.135. The molecule has 1 saturated heterocycles. The van der Waals surface area contributed by atoms with E-state index in [2.05, 4.69) is 10.2 Å². The van der Waals surface area contributed by atoms with Gasteiger partial charge in [-0.2, -0.15) is 0 Å². The van der Waals surface area contributed by atoms with Crippen molar-refractivity contribution in [2.45, 2.75) is 18.9 Å². The van der Waals surface area contributed by atoms with Crippen molar-refractivity contribution in [2.24, 2.45) is 0 Å². The Hall–Kier alpha value is -3.26. The van der Waals surface area contributed by atoms with E-state index in [1.54, 1.807) is 37.3 Å². The number of likely N-dealkylation sites (tertiary alicyclic amines) is 1. The number of anilines is 2. The van der Waals surface area contributed by atoms with E-state index in [1.807, 2.05) is 30.3 Å². The number of para-hydroxylation sites is 1. The van der Waals surface area contributed by atoms with Gasteiger partial charge in [-0.05, 0) is 37.1 Å². The minimum Gasteiger partial charge on any atom is -0.493 e. The molecule has 1 aliphatic rings. The largest absolute Gasteiger partial charge is 0.493 e. The van der Waals surface area contributed by atoms with Gasteiger partial charge in [-0.15, -0.1) is 0 Å². The fourth-order valence-corrected chi connectivity index (χ4v) is 3.64. The summed E-state index contributed by atoms with van der Waals surface area (Å²) in [5.41, 5.74) is 7.13. The van der Waals surface area contributed by atoms with Gasteiger partial charge in [0.05, 0.1) is 13.7 Å². The van der Waals surface area contributed by atoms with Crippen LogP contribution in [0.1, 0.15) is 12.8 Å². The summed E-state index contributed by atoms with van der Waals surface area (Å²) in [5.74, 6) is 0.846. The lowest BCUT2D eigenvalue weighted by Crippen LogP contribution is -2.48. The molecule has 0 saturated carbocycles. The third-order valence-electron chi connectivity index (χ3n) is 5.46. The van der Waals surface area contributed by atoms with Crippen LogP contribution >= 0.6 is 0 Å². The lowest BCUT2D eigenvalue weighted by Gasteiger charge is -2.36. The average Bonchev–Trinajstić information content (AvgIpc) is 2.78. The fraction of sp³-hybridized carbons (Fsp3) is 0.391. The minimum atomic E-state index is -0.107. The van der Waals surface area contributed by atoms with Gasteiger partial charge in [-0.1, -0.05) is 18.2 Å². The third-order valence-corrected chi connectivity index (χ3v) is 5.46. The Labute approximate surface area is 182 Å². The van der Waals surface area contributed by atoms with Gasteiger partial charge in [-0.3, -0.25) is 14.5 Å². The molecule has 3 N–H and O–H groups in total. The van der Waals surface area contributed by atoms with Crippen molar-refractivity contribution in [3.8, 4) is 11.5 Å². The number of carbonyl (C=O) groups is 2. The minimum absolute atomic E-state index is 0.0291. The van der Waals surface area contributed by atoms with Crippen molar-refractivity contribution < 1.29 is 19.1 Å². The molecular weight excluding hydrogens is 396 g/mol. The Morgan fingerprint density at radius 3 is 2.52 bits per heavy atom. The highest BCUT2D eigenvalue weighted by molar-refractivity contribution is 5.92. The van der Waals surface area contributed by atoms with E-state index in [4.69, 9.17) is 15.2 Å². The summed E-state index contributed by atoms with van der Waals surface area (Å²) < 4.78 is 10.9. The van der Waals surface area contributed by atoms with E-state index in [9.17, 15) is 9.59 Å². The number of likely N-dealkylation sites (N-methyl/N-ethyl adjacent to an activating group) is 1. The molecule has 2 aromatic rings. The standard InChI is InChI=1S/C23H30N4O4/c1-26(23(29)16-31-21-14-17(24)8-9-20(21)30-2)19-10-12-27(13-11-19)15-22(28)25-18-6-4-3-5-7-18/h3-9,14,19H,10-13,15-16,24H2,1-2H3,(H,25,28). The fourth-order valence-electron chi connectivity index (χ4n) is 3.64. The first kappa shape index (κ1) is 22.4. The van der Waals surface area contributed by atoms with Crippen LogP contribution in [0.5, 0.6) is 11.5 Å². The van der Waals surface area contributed by atoms with Crippen molar-refractivity contribution >= 4 is 23.2 Å². The number of ether oxygens (including phenoxy) is 2. The summed E-state index contributed by atoms with van der Waals surface area (Å²) >= 11 is 0. The second-order valence-electron chi connectivity index (χ2n) is 7.63. The second-order valence-corrected chi connectivity index (χ2v) is 7.63. The van der Waals surface area contributed by atoms with Gasteiger partial charge in [0.2, 0.25) is 5.91 Å². The van der Waals surface area contributed by atoms with Crippen molar-refractivity contribution in [1.29, 1.82) is 0 Å². The van der Waals surface area contributed by atoms with Crippen molar-refractivity contribution in [3.63, 3.8) is 0 Å². The number of benzene rings is 2. The third kappa shape index (κ3) is 6.36. The van der Waals surface area contributed by atoms with E-state index in [1.165, 1.54) is 0 Å². The summed E-state index contributed by atoms with van der Waals surface area (Å²) in [7, 11) is 3.34. The SMILES string of the molecule is COc1ccc(N)cc1OCC(=O)N(C)C1CCN(CC(=O)Nc2ccccc2)CC1. The van der Waals surface area contributed by atoms with Gasteiger partial charge in [0.1, 0.15) is 0 Å². The molecule has 1 fully saturated rings. The molecule has 8 nitrogen and oxygen atoms in total. The van der Waals surface area contributed by atoms with Crippen molar-refractivity contribution in [1.82, 2.24) is 9.80 Å². The molecule has 0 aliphatic carbocycles. The first-order valence-electron chi connectivity index (χ1n) is 10.4. The molecule has 0 unspecified atom stereocenters. The molecular formula is C23H30N4O4. The van der Waals surface area contributed by atoms with Crippen LogP contribution in [-0.2, 0) is 9.59 Å². The number of nitrogens with two attached hydrogens (primary N) is 1. The Bertz CT molecular complexity index is 882. The molecule has 2 amide bonds. The topological polar surface area (TPSA) is 97.1 Å². The number of nitrogen functional groups attached to an aromatic ring is 1. The highest BCUT2D eigenvalue weighted by Crippen LogP contribution is 2.29. The van der Waals surface area contributed by atoms with Gasteiger partial charge >= 0.3 is 0 Å². The van der Waals surface area contributed by atoms with Crippen LogP contribution in [0.4, 0.5) is 11.4 Å². The highest BCUT2D eigenvalue weighted by Gasteiger charge is 2.26. The Morgan fingerprint density at radius 1 is 1.13 bits per heavy atom. The molecule has 1 aliphatic heterocycles. The van der Waals surface area contributed by atoms with Gasteiger partial charge in [0.15, 0.2) is 18.1 Å². The van der Waals surface area contributed by atoms with E-state index in [-0.39, 0.29) is 24.5 Å². The van der Waals surface area contributed by atoms with E-state index < -0.39 is 0 Å². The van der Waals surface area contributed by atoms with E-state index >= 15 is 0 Å². The molecule has 3 rings (SSSR count). The maximum atomic E-state index is 12.6. The zero-order valence-corrected chi connectivity index (χ0v) is 18.0. The zero-order chi connectivity index (χ0) is 22.2. The number of rotatable bonds is 8. The average molecular weight is 427 g/mol. The Kier molecular flexibility index (Phi) is 7.72. The van der Waals surface area contributed by atoms with Crippen LogP contribution < -0.4 is 20.5 Å². The zero-order valence-electron chi connectivity index (χ0n) is 18.0. The maximum absolute atomic E-state index is 12.6. The predicted octanol–water partition coefficient (Wildman–Crippen LogP) is 2.22. The van der Waals surface area contributed by atoms with E-state index in [0.29, 0.717) is 23.7 Å². The molecule has 1 heterocycles. The van der Waals surface area contributed by atoms with E-state index in [0.717, 1.165) is 31.6 Å². The number of methoxy groups -OCH3 is 1. The van der Waals surface area contributed by atoms with Gasteiger partial charge in [-0.25, -0.2) is 0 Å². The summed E-state index contributed by atoms with van der Waals surface area (Å²) in [4.78, 5) is 28.7. The van der Waals surface area contributed by atoms with Crippen molar-refractivity contribution in [3.05, 3.63) is 48.5 Å². The number of hydrogen-bond acceptors (Lipinski definition) is 6. The maximum Gasteiger partial charge on any atom is 0.260 e. The highest BCUT2D eigenvalue weighted by atomic mass is 16.5. The second kappa shape index (κ2) is 10.7. The number of nitrogens with one attached hydrogen (secondary N) is 1. The smallest absolute Gasteiger partial charge is 0.260 e. The molecule has 0 bridgehead atoms. The Morgan fingerprint density at radius 2 is 1.84 bits per heavy atom. The summed E-state index contributed by atoms with van der Waals surface area (Å²) in [5, 5.41) is 2.91. The molecule has 166 valence electrons. The van der Waals surface area contributed by atoms with Crippen LogP contribution in [0, 0.1) is 0 Å². The van der Waals surface area contributed by atoms with Crippen LogP contribution in [-0.4, -0.2) is 68.1 Å². The van der Waals surface area contributed by atoms with Gasteiger partial charge in [0.25, 0.3) is 5.91 Å². The first-order valence-corrected chi connectivity index (χ1v) is 10.4. The number of piperidine rings is 1. The Balaban J connectivity index is 1.43. The number of nitrogens with zero attached hydrogens (tertiary/aromatic N) is 2. The van der Waals surface area contributed by atoms with Gasteiger partial charge in [0, 0.05) is 43.6 Å². The number of amides is 2. The number of carbonyl (C=O) groups excluding carboxylic acids is 2. The molecule has 31 heavy (non-hydrogen) atoms. The first-order chi connectivity index (χ1) is 15.0. The molecule has 2 aromatic carbocycles. The monoisotopic (exact) mass is 426 g/mol. The molecule has 0 aromatic heterocycles. The van der Waals surface area contributed by atoms with Crippen molar-refractivity contribution in [2.75, 3.05) is 51.4 Å². The predicted molar refractivity (Wildman–Crippen MR) is 120 cm³/mol. The molecule has 0 radical (unpaired) electrons. The normalized spacial score (nSPS) is 14.6.